The van der Waals surface area contributed by atoms with Gasteiger partial charge in [-0.05, 0) is 91.0 Å². The predicted molar refractivity (Wildman–Crippen MR) is 156 cm³/mol. The van der Waals surface area contributed by atoms with Crippen LogP contribution in [0.15, 0.2) is 122 Å². The van der Waals surface area contributed by atoms with Gasteiger partial charge in [-0.1, -0.05) is 60.7 Å². The summed E-state index contributed by atoms with van der Waals surface area (Å²) in [5.41, 5.74) is 7.46. The largest absolute Gasteiger partial charge is 0.253 e. The highest BCUT2D eigenvalue weighted by Gasteiger charge is 2.12. The van der Waals surface area contributed by atoms with Crippen LogP contribution in [0.2, 0.25) is 0 Å². The van der Waals surface area contributed by atoms with Crippen LogP contribution in [-0.4, -0.2) is 19.9 Å². The van der Waals surface area contributed by atoms with E-state index in [-0.39, 0.29) is 0 Å². The Hall–Kier alpha value is -5.22. The summed E-state index contributed by atoms with van der Waals surface area (Å²) in [4.78, 5) is 17.5. The molecule has 0 bridgehead atoms. The quantitative estimate of drug-likeness (QED) is 0.231. The van der Waals surface area contributed by atoms with Crippen molar-refractivity contribution in [1.82, 2.24) is 19.9 Å². The van der Waals surface area contributed by atoms with Crippen molar-refractivity contribution in [2.24, 2.45) is 0 Å². The molecule has 0 spiro atoms. The van der Waals surface area contributed by atoms with Gasteiger partial charge in [0.25, 0.3) is 0 Å². The minimum Gasteiger partial charge on any atom is -0.253 e. The fraction of sp³-hybridized carbons (Fsp3) is 0. The summed E-state index contributed by atoms with van der Waals surface area (Å²) in [6, 6.07) is 34.9. The summed E-state index contributed by atoms with van der Waals surface area (Å²) < 4.78 is 0. The molecule has 4 nitrogen and oxygen atoms in total. The van der Waals surface area contributed by atoms with Crippen LogP contribution in [0, 0.1) is 0 Å². The van der Waals surface area contributed by atoms with Crippen LogP contribution in [0.3, 0.4) is 0 Å². The van der Waals surface area contributed by atoms with E-state index in [1.807, 2.05) is 12.3 Å². The SMILES string of the molecule is c1ccc2c(c1)c(-c1ccc3ncncc3c1)cc1ccc3cc(-c4ccc5nccnc5c4)ccc3c12. The number of fused-ring (bicyclic) bond motifs is 7. The van der Waals surface area contributed by atoms with Crippen LogP contribution in [0.4, 0.5) is 0 Å². The predicted octanol–water partition coefficient (Wildman–Crippen LogP) is 8.37. The van der Waals surface area contributed by atoms with Gasteiger partial charge in [0.15, 0.2) is 0 Å². The molecule has 0 aliphatic heterocycles. The van der Waals surface area contributed by atoms with E-state index in [1.165, 1.54) is 49.0 Å². The molecule has 0 aliphatic rings. The summed E-state index contributed by atoms with van der Waals surface area (Å²) in [6.45, 7) is 0. The van der Waals surface area contributed by atoms with Gasteiger partial charge in [-0.2, -0.15) is 0 Å². The van der Waals surface area contributed by atoms with E-state index in [4.69, 9.17) is 0 Å². The van der Waals surface area contributed by atoms with Gasteiger partial charge in [0.1, 0.15) is 6.33 Å². The van der Waals surface area contributed by atoms with Crippen molar-refractivity contribution in [2.75, 3.05) is 0 Å². The minimum atomic E-state index is 0.905. The highest BCUT2D eigenvalue weighted by molar-refractivity contribution is 6.23. The average molecular weight is 485 g/mol. The Labute approximate surface area is 218 Å². The Morgan fingerprint density at radius 2 is 1.18 bits per heavy atom. The zero-order valence-corrected chi connectivity index (χ0v) is 20.3. The van der Waals surface area contributed by atoms with Crippen LogP contribution in [0.25, 0.3) is 76.5 Å². The van der Waals surface area contributed by atoms with E-state index in [0.29, 0.717) is 0 Å². The number of nitrogens with zero attached hydrogens (tertiary/aromatic N) is 4. The van der Waals surface area contributed by atoms with E-state index in [0.717, 1.165) is 27.5 Å². The van der Waals surface area contributed by atoms with Gasteiger partial charge in [-0.25, -0.2) is 9.97 Å². The van der Waals surface area contributed by atoms with Gasteiger partial charge >= 0.3 is 0 Å². The Balaban J connectivity index is 1.35. The number of benzene rings is 6. The topological polar surface area (TPSA) is 51.6 Å². The zero-order chi connectivity index (χ0) is 25.1. The summed E-state index contributed by atoms with van der Waals surface area (Å²) in [5, 5.41) is 8.51. The fourth-order valence-corrected chi connectivity index (χ4v) is 5.65. The lowest BCUT2D eigenvalue weighted by Crippen LogP contribution is -1.88. The molecule has 0 saturated carbocycles. The summed E-state index contributed by atoms with van der Waals surface area (Å²) in [5.74, 6) is 0. The van der Waals surface area contributed by atoms with E-state index >= 15 is 0 Å². The molecule has 8 aromatic rings. The van der Waals surface area contributed by atoms with Crippen LogP contribution in [0.5, 0.6) is 0 Å². The van der Waals surface area contributed by atoms with E-state index in [9.17, 15) is 0 Å². The first kappa shape index (κ1) is 20.9. The van der Waals surface area contributed by atoms with Crippen molar-refractivity contribution in [1.29, 1.82) is 0 Å². The molecule has 0 amide bonds. The van der Waals surface area contributed by atoms with Gasteiger partial charge in [0.05, 0.1) is 16.6 Å². The monoisotopic (exact) mass is 484 g/mol. The average Bonchev–Trinajstić information content (AvgIpc) is 2.99. The Bertz CT molecular complexity index is 2200. The molecule has 6 aromatic carbocycles. The van der Waals surface area contributed by atoms with Crippen LogP contribution < -0.4 is 0 Å². The lowest BCUT2D eigenvalue weighted by Gasteiger charge is -2.14. The second-order valence-electron chi connectivity index (χ2n) is 9.63. The maximum absolute atomic E-state index is 4.49. The molecule has 0 aliphatic carbocycles. The Morgan fingerprint density at radius 1 is 0.447 bits per heavy atom. The van der Waals surface area contributed by atoms with Crippen molar-refractivity contribution in [3.05, 3.63) is 122 Å². The smallest absolute Gasteiger partial charge is 0.116 e. The second kappa shape index (κ2) is 8.15. The number of rotatable bonds is 2. The first-order valence-electron chi connectivity index (χ1n) is 12.6. The summed E-state index contributed by atoms with van der Waals surface area (Å²) in [7, 11) is 0. The van der Waals surface area contributed by atoms with Crippen molar-refractivity contribution in [3.63, 3.8) is 0 Å². The maximum atomic E-state index is 4.49. The minimum absolute atomic E-state index is 0.905. The molecule has 4 heteroatoms. The third-order valence-corrected chi connectivity index (χ3v) is 7.46. The first-order valence-corrected chi connectivity index (χ1v) is 12.6. The molecule has 0 fully saturated rings. The molecule has 176 valence electrons. The summed E-state index contributed by atoms with van der Waals surface area (Å²) in [6.07, 6.45) is 6.94. The van der Waals surface area contributed by atoms with Crippen molar-refractivity contribution in [2.45, 2.75) is 0 Å². The van der Waals surface area contributed by atoms with Gasteiger partial charge in [0, 0.05) is 24.0 Å². The lowest BCUT2D eigenvalue weighted by molar-refractivity contribution is 1.22. The van der Waals surface area contributed by atoms with Gasteiger partial charge in [-0.15, -0.1) is 0 Å². The molecule has 0 atom stereocenters. The van der Waals surface area contributed by atoms with Crippen molar-refractivity contribution >= 4 is 54.3 Å². The van der Waals surface area contributed by atoms with Crippen LogP contribution in [-0.2, 0) is 0 Å². The van der Waals surface area contributed by atoms with E-state index in [1.54, 1.807) is 18.7 Å². The maximum Gasteiger partial charge on any atom is 0.116 e. The molecule has 0 N–H and O–H groups in total. The fourth-order valence-electron chi connectivity index (χ4n) is 5.65. The molecule has 2 heterocycles. The molecule has 8 rings (SSSR count). The molecule has 0 saturated heterocycles. The molecule has 38 heavy (non-hydrogen) atoms. The molecule has 0 radical (unpaired) electrons. The Morgan fingerprint density at radius 3 is 2.13 bits per heavy atom. The molecular formula is C34H20N4. The van der Waals surface area contributed by atoms with Crippen molar-refractivity contribution < 1.29 is 0 Å². The third kappa shape index (κ3) is 3.24. The first-order chi connectivity index (χ1) is 18.8. The molecule has 0 unspecified atom stereocenters. The van der Waals surface area contributed by atoms with Gasteiger partial charge < -0.3 is 0 Å². The number of hydrogen-bond donors (Lipinski definition) is 0. The van der Waals surface area contributed by atoms with Crippen molar-refractivity contribution in [3.8, 4) is 22.3 Å². The van der Waals surface area contributed by atoms with Gasteiger partial charge in [-0.3, -0.25) is 9.97 Å². The number of aromatic nitrogens is 4. The normalized spacial score (nSPS) is 11.7. The molecule has 2 aromatic heterocycles. The zero-order valence-electron chi connectivity index (χ0n) is 20.3. The standard InChI is InChI=1S/C34H20N4/c1-2-4-29-28(3-1)30(24-9-11-31-26(16-24)19-35-20-38-31)17-25-6-5-23-15-21(7-10-27(23)34(25)29)22-8-12-32-33(18-22)37-14-13-36-32/h1-20H. The number of hydrogen-bond acceptors (Lipinski definition) is 4. The molecular weight excluding hydrogens is 464 g/mol. The van der Waals surface area contributed by atoms with Crippen LogP contribution in [0.1, 0.15) is 0 Å². The highest BCUT2D eigenvalue weighted by Crippen LogP contribution is 2.39. The van der Waals surface area contributed by atoms with E-state index in [2.05, 4.69) is 111 Å². The summed E-state index contributed by atoms with van der Waals surface area (Å²) >= 11 is 0. The Kier molecular flexibility index (Phi) is 4.49. The van der Waals surface area contributed by atoms with Crippen LogP contribution >= 0.6 is 0 Å². The second-order valence-corrected chi connectivity index (χ2v) is 9.63. The highest BCUT2D eigenvalue weighted by atomic mass is 14.8. The lowest BCUT2D eigenvalue weighted by atomic mass is 9.89. The van der Waals surface area contributed by atoms with E-state index < -0.39 is 0 Å². The van der Waals surface area contributed by atoms with Gasteiger partial charge in [0.2, 0.25) is 0 Å². The third-order valence-electron chi connectivity index (χ3n) is 7.46.